The Kier molecular flexibility index (Phi) is 4.54. The van der Waals surface area contributed by atoms with Gasteiger partial charge in [0.15, 0.2) is 9.84 Å². The fourth-order valence-electron chi connectivity index (χ4n) is 1.66. The Bertz CT molecular complexity index is 495. The molecule has 0 spiro atoms. The van der Waals surface area contributed by atoms with Crippen molar-refractivity contribution in [2.45, 2.75) is 18.7 Å². The number of hydrogen-bond donors (Lipinski definition) is 1. The fraction of sp³-hybridized carbons (Fsp3) is 0.500. The highest BCUT2D eigenvalue weighted by Crippen LogP contribution is 2.26. The van der Waals surface area contributed by atoms with Crippen LogP contribution in [0.25, 0.3) is 0 Å². The van der Waals surface area contributed by atoms with Crippen molar-refractivity contribution in [1.82, 2.24) is 5.32 Å². The maximum Gasteiger partial charge on any atom is 0.179 e. The lowest BCUT2D eigenvalue weighted by molar-refractivity contribution is 0.411. The average molecular weight is 257 g/mol. The molecule has 1 aromatic carbocycles. The molecule has 1 aromatic rings. The zero-order valence-corrected chi connectivity index (χ0v) is 11.5. The number of benzene rings is 1. The van der Waals surface area contributed by atoms with Gasteiger partial charge >= 0.3 is 0 Å². The predicted molar refractivity (Wildman–Crippen MR) is 68.4 cm³/mol. The normalized spacial score (nSPS) is 11.5. The average Bonchev–Trinajstić information content (AvgIpc) is 2.28. The van der Waals surface area contributed by atoms with Gasteiger partial charge in [0.25, 0.3) is 0 Å². The van der Waals surface area contributed by atoms with E-state index in [1.54, 1.807) is 33.2 Å². The van der Waals surface area contributed by atoms with Crippen LogP contribution < -0.4 is 10.1 Å². The molecule has 0 saturated heterocycles. The quantitative estimate of drug-likeness (QED) is 0.864. The Morgan fingerprint density at radius 2 is 1.88 bits per heavy atom. The van der Waals surface area contributed by atoms with Crippen LogP contribution in [0.5, 0.6) is 5.75 Å². The molecule has 0 aliphatic heterocycles. The first-order valence-electron chi connectivity index (χ1n) is 5.45. The van der Waals surface area contributed by atoms with Crippen molar-refractivity contribution in [3.63, 3.8) is 0 Å². The van der Waals surface area contributed by atoms with Gasteiger partial charge in [0.2, 0.25) is 0 Å². The van der Waals surface area contributed by atoms with E-state index in [9.17, 15) is 8.42 Å². The lowest BCUT2D eigenvalue weighted by Gasteiger charge is -2.11. The van der Waals surface area contributed by atoms with Crippen molar-refractivity contribution in [2.75, 3.05) is 26.5 Å². The molecule has 0 atom stereocenters. The minimum absolute atomic E-state index is 0.107. The molecule has 0 fully saturated rings. The van der Waals surface area contributed by atoms with Crippen LogP contribution in [-0.2, 0) is 9.84 Å². The Hall–Kier alpha value is -1.07. The molecule has 0 amide bonds. The molecular weight excluding hydrogens is 238 g/mol. The van der Waals surface area contributed by atoms with Gasteiger partial charge in [-0.15, -0.1) is 0 Å². The standard InChI is InChI=1S/C12H19NO3S/c1-9-8-12(10(2)7-11(9)16-4)17(14,15)6-5-13-3/h7-8,13H,5-6H2,1-4H3. The lowest BCUT2D eigenvalue weighted by atomic mass is 10.1. The van der Waals surface area contributed by atoms with E-state index in [4.69, 9.17) is 4.74 Å². The summed E-state index contributed by atoms with van der Waals surface area (Å²) < 4.78 is 29.3. The lowest BCUT2D eigenvalue weighted by Crippen LogP contribution is -2.20. The van der Waals surface area contributed by atoms with E-state index in [0.717, 1.165) is 16.9 Å². The van der Waals surface area contributed by atoms with Crippen LogP contribution in [0.1, 0.15) is 11.1 Å². The molecule has 96 valence electrons. The number of ether oxygens (including phenoxy) is 1. The third-order valence-electron chi connectivity index (χ3n) is 2.65. The van der Waals surface area contributed by atoms with E-state index in [2.05, 4.69) is 5.32 Å². The summed E-state index contributed by atoms with van der Waals surface area (Å²) in [4.78, 5) is 0.394. The van der Waals surface area contributed by atoms with Crippen molar-refractivity contribution in [3.05, 3.63) is 23.3 Å². The first kappa shape index (κ1) is 14.0. The molecule has 0 aromatic heterocycles. The van der Waals surface area contributed by atoms with Crippen molar-refractivity contribution in [1.29, 1.82) is 0 Å². The first-order valence-corrected chi connectivity index (χ1v) is 7.10. The molecule has 0 bridgehead atoms. The molecule has 0 heterocycles. The van der Waals surface area contributed by atoms with E-state index in [0.29, 0.717) is 11.4 Å². The highest BCUT2D eigenvalue weighted by atomic mass is 32.2. The molecular formula is C12H19NO3S. The molecule has 0 saturated carbocycles. The third-order valence-corrected chi connectivity index (χ3v) is 4.50. The highest BCUT2D eigenvalue weighted by Gasteiger charge is 2.18. The van der Waals surface area contributed by atoms with E-state index in [-0.39, 0.29) is 5.75 Å². The zero-order valence-electron chi connectivity index (χ0n) is 10.7. The second kappa shape index (κ2) is 5.51. The Balaban J connectivity index is 3.19. The molecule has 0 aliphatic rings. The fourth-order valence-corrected chi connectivity index (χ4v) is 3.26. The minimum Gasteiger partial charge on any atom is -0.496 e. The highest BCUT2D eigenvalue weighted by molar-refractivity contribution is 7.91. The van der Waals surface area contributed by atoms with Crippen LogP contribution in [0.3, 0.4) is 0 Å². The Morgan fingerprint density at radius 3 is 2.41 bits per heavy atom. The number of aryl methyl sites for hydroxylation is 2. The summed E-state index contributed by atoms with van der Waals surface area (Å²) in [6.07, 6.45) is 0. The molecule has 1 N–H and O–H groups in total. The van der Waals surface area contributed by atoms with Gasteiger partial charge in [-0.25, -0.2) is 8.42 Å². The number of nitrogens with one attached hydrogen (secondary N) is 1. The van der Waals surface area contributed by atoms with Crippen LogP contribution in [0.15, 0.2) is 17.0 Å². The Morgan fingerprint density at radius 1 is 1.24 bits per heavy atom. The predicted octanol–water partition coefficient (Wildman–Crippen LogP) is 1.31. The van der Waals surface area contributed by atoms with E-state index in [1.165, 1.54) is 0 Å². The zero-order chi connectivity index (χ0) is 13.1. The maximum absolute atomic E-state index is 12.1. The van der Waals surface area contributed by atoms with Gasteiger partial charge in [-0.2, -0.15) is 0 Å². The number of methoxy groups -OCH3 is 1. The number of hydrogen-bond acceptors (Lipinski definition) is 4. The van der Waals surface area contributed by atoms with Gasteiger partial charge in [-0.3, -0.25) is 0 Å². The van der Waals surface area contributed by atoms with E-state index >= 15 is 0 Å². The van der Waals surface area contributed by atoms with Crippen LogP contribution in [0.2, 0.25) is 0 Å². The van der Waals surface area contributed by atoms with Crippen LogP contribution in [0, 0.1) is 13.8 Å². The summed E-state index contributed by atoms with van der Waals surface area (Å²) in [5.41, 5.74) is 1.56. The Labute approximate surface area is 103 Å². The summed E-state index contributed by atoms with van der Waals surface area (Å²) in [6, 6.07) is 3.45. The van der Waals surface area contributed by atoms with Crippen LogP contribution in [0.4, 0.5) is 0 Å². The largest absolute Gasteiger partial charge is 0.496 e. The second-order valence-corrected chi connectivity index (χ2v) is 6.09. The third kappa shape index (κ3) is 3.20. The molecule has 1 rings (SSSR count). The van der Waals surface area contributed by atoms with Crippen molar-refractivity contribution in [3.8, 4) is 5.75 Å². The van der Waals surface area contributed by atoms with Gasteiger partial charge in [0.05, 0.1) is 17.8 Å². The smallest absolute Gasteiger partial charge is 0.179 e. The SMILES string of the molecule is CNCCS(=O)(=O)c1cc(C)c(OC)cc1C. The first-order chi connectivity index (χ1) is 7.92. The van der Waals surface area contributed by atoms with Gasteiger partial charge in [0, 0.05) is 6.54 Å². The van der Waals surface area contributed by atoms with Gasteiger partial charge in [0.1, 0.15) is 5.75 Å². The van der Waals surface area contributed by atoms with Gasteiger partial charge < -0.3 is 10.1 Å². The number of rotatable bonds is 5. The van der Waals surface area contributed by atoms with Gasteiger partial charge in [-0.05, 0) is 44.2 Å². The summed E-state index contributed by atoms with van der Waals surface area (Å²) in [7, 11) is 0.0994. The molecule has 0 unspecified atom stereocenters. The molecule has 0 aliphatic carbocycles. The van der Waals surface area contributed by atoms with Crippen molar-refractivity contribution in [2.24, 2.45) is 0 Å². The van der Waals surface area contributed by atoms with E-state index in [1.807, 2.05) is 6.92 Å². The molecule has 0 radical (unpaired) electrons. The van der Waals surface area contributed by atoms with Crippen LogP contribution >= 0.6 is 0 Å². The minimum atomic E-state index is -3.22. The second-order valence-electron chi connectivity index (χ2n) is 4.01. The maximum atomic E-state index is 12.1. The van der Waals surface area contributed by atoms with Crippen molar-refractivity contribution >= 4 is 9.84 Å². The van der Waals surface area contributed by atoms with Crippen molar-refractivity contribution < 1.29 is 13.2 Å². The monoisotopic (exact) mass is 257 g/mol. The summed E-state index contributed by atoms with van der Waals surface area (Å²) >= 11 is 0. The molecule has 5 heteroatoms. The summed E-state index contributed by atoms with van der Waals surface area (Å²) in [5, 5.41) is 2.85. The molecule has 17 heavy (non-hydrogen) atoms. The summed E-state index contributed by atoms with van der Waals surface area (Å²) in [6.45, 7) is 4.08. The molecule has 4 nitrogen and oxygen atoms in total. The summed E-state index contributed by atoms with van der Waals surface area (Å²) in [5.74, 6) is 0.825. The van der Waals surface area contributed by atoms with E-state index < -0.39 is 9.84 Å². The number of sulfone groups is 1. The van der Waals surface area contributed by atoms with Gasteiger partial charge in [-0.1, -0.05) is 0 Å². The van der Waals surface area contributed by atoms with Crippen LogP contribution in [-0.4, -0.2) is 34.9 Å². The topological polar surface area (TPSA) is 55.4 Å².